The molecule has 0 saturated carbocycles. The van der Waals surface area contributed by atoms with Gasteiger partial charge in [-0.25, -0.2) is 9.79 Å². The van der Waals surface area contributed by atoms with Crippen molar-refractivity contribution >= 4 is 5.69 Å². The van der Waals surface area contributed by atoms with Crippen LogP contribution in [-0.2, 0) is 19.5 Å². The van der Waals surface area contributed by atoms with Gasteiger partial charge in [-0.3, -0.25) is 9.13 Å². The molecule has 0 amide bonds. The van der Waals surface area contributed by atoms with E-state index in [0.29, 0.717) is 18.6 Å². The molecule has 1 aliphatic heterocycles. The van der Waals surface area contributed by atoms with Crippen molar-refractivity contribution in [3.05, 3.63) is 93.3 Å². The zero-order valence-electron chi connectivity index (χ0n) is 16.7. The summed E-state index contributed by atoms with van der Waals surface area (Å²) in [4.78, 5) is 18.2. The number of nitrogens with zero attached hydrogens (tertiary/aromatic N) is 3. The van der Waals surface area contributed by atoms with Gasteiger partial charge in [0, 0.05) is 24.7 Å². The minimum Gasteiger partial charge on any atom is -0.293 e. The molecule has 0 atom stereocenters. The normalized spacial score (nSPS) is 13.2. The second kappa shape index (κ2) is 7.12. The Bertz CT molecular complexity index is 1190. The van der Waals surface area contributed by atoms with Crippen LogP contribution in [0.4, 0.5) is 5.69 Å². The van der Waals surface area contributed by atoms with Crippen molar-refractivity contribution < 1.29 is 0 Å². The molecule has 28 heavy (non-hydrogen) atoms. The molecule has 0 radical (unpaired) electrons. The first-order valence-corrected chi connectivity index (χ1v) is 9.66. The highest BCUT2D eigenvalue weighted by molar-refractivity contribution is 5.65. The van der Waals surface area contributed by atoms with Gasteiger partial charge in [0.05, 0.1) is 11.4 Å². The van der Waals surface area contributed by atoms with Gasteiger partial charge in [-0.2, -0.15) is 0 Å². The Labute approximate surface area is 165 Å². The summed E-state index contributed by atoms with van der Waals surface area (Å²) in [5, 5.41) is 0. The van der Waals surface area contributed by atoms with Crippen LogP contribution in [0.2, 0.25) is 0 Å². The van der Waals surface area contributed by atoms with E-state index in [1.54, 1.807) is 10.6 Å². The first kappa shape index (κ1) is 18.2. The summed E-state index contributed by atoms with van der Waals surface area (Å²) >= 11 is 0. The van der Waals surface area contributed by atoms with Crippen LogP contribution in [0.1, 0.15) is 22.3 Å². The minimum absolute atomic E-state index is 0.0342. The SMILES string of the molecule is C=CCn1c(=Nc2c(C)cc(C)cc2C)cc2n(c1=O)CCc1ccccc1-2. The number of benzene rings is 2. The van der Waals surface area contributed by atoms with Crippen LogP contribution in [0.15, 0.2) is 64.9 Å². The van der Waals surface area contributed by atoms with Gasteiger partial charge >= 0.3 is 5.69 Å². The minimum atomic E-state index is -0.0342. The summed E-state index contributed by atoms with van der Waals surface area (Å²) < 4.78 is 3.57. The van der Waals surface area contributed by atoms with Crippen LogP contribution in [0.25, 0.3) is 11.3 Å². The molecule has 1 aliphatic rings. The van der Waals surface area contributed by atoms with Crippen molar-refractivity contribution in [1.29, 1.82) is 0 Å². The Morgan fingerprint density at radius 3 is 2.54 bits per heavy atom. The highest BCUT2D eigenvalue weighted by Gasteiger charge is 2.18. The first-order chi connectivity index (χ1) is 13.5. The number of hydrogen-bond acceptors (Lipinski definition) is 2. The van der Waals surface area contributed by atoms with E-state index < -0.39 is 0 Å². The van der Waals surface area contributed by atoms with Crippen LogP contribution in [0, 0.1) is 20.8 Å². The topological polar surface area (TPSA) is 39.3 Å². The first-order valence-electron chi connectivity index (χ1n) is 9.66. The Morgan fingerprint density at radius 1 is 1.11 bits per heavy atom. The molecule has 0 aliphatic carbocycles. The van der Waals surface area contributed by atoms with Crippen molar-refractivity contribution in [2.24, 2.45) is 4.99 Å². The van der Waals surface area contributed by atoms with Crippen molar-refractivity contribution in [2.75, 3.05) is 0 Å². The molecule has 1 aromatic heterocycles. The van der Waals surface area contributed by atoms with Crippen LogP contribution < -0.4 is 11.2 Å². The summed E-state index contributed by atoms with van der Waals surface area (Å²) in [6.45, 7) is 11.2. The summed E-state index contributed by atoms with van der Waals surface area (Å²) in [6.07, 6.45) is 2.61. The van der Waals surface area contributed by atoms with Crippen molar-refractivity contribution in [3.8, 4) is 11.3 Å². The Hall–Kier alpha value is -3.14. The van der Waals surface area contributed by atoms with Crippen LogP contribution in [-0.4, -0.2) is 9.13 Å². The maximum atomic E-state index is 13.3. The number of allylic oxidation sites excluding steroid dienone is 1. The Balaban J connectivity index is 2.05. The fraction of sp³-hybridized carbons (Fsp3) is 0.250. The van der Waals surface area contributed by atoms with Gasteiger partial charge in [-0.15, -0.1) is 6.58 Å². The van der Waals surface area contributed by atoms with E-state index in [4.69, 9.17) is 4.99 Å². The zero-order chi connectivity index (χ0) is 19.8. The predicted molar refractivity (Wildman–Crippen MR) is 114 cm³/mol. The van der Waals surface area contributed by atoms with Crippen LogP contribution in [0.3, 0.4) is 0 Å². The Kier molecular flexibility index (Phi) is 4.63. The van der Waals surface area contributed by atoms with E-state index in [2.05, 4.69) is 57.7 Å². The van der Waals surface area contributed by atoms with Gasteiger partial charge in [0.25, 0.3) is 0 Å². The number of aryl methyl sites for hydroxylation is 4. The summed E-state index contributed by atoms with van der Waals surface area (Å²) in [6, 6.07) is 14.6. The van der Waals surface area contributed by atoms with Gasteiger partial charge in [0.15, 0.2) is 0 Å². The van der Waals surface area contributed by atoms with Crippen molar-refractivity contribution in [2.45, 2.75) is 40.3 Å². The molecule has 0 N–H and O–H groups in total. The molecule has 0 unspecified atom stereocenters. The van der Waals surface area contributed by atoms with E-state index in [9.17, 15) is 4.79 Å². The van der Waals surface area contributed by atoms with Gasteiger partial charge in [0.1, 0.15) is 5.49 Å². The average Bonchev–Trinajstić information content (AvgIpc) is 2.67. The lowest BCUT2D eigenvalue weighted by molar-refractivity contribution is 0.573. The lowest BCUT2D eigenvalue weighted by Crippen LogP contribution is -2.41. The standard InChI is InChI=1S/C24H25N3O/c1-5-11-27-22(25-23-17(3)13-16(2)14-18(23)4)15-21-20-9-7-6-8-19(20)10-12-26(21)24(27)28/h5-9,13-15H,1,10-12H2,2-4H3. The molecule has 0 bridgehead atoms. The molecule has 4 nitrogen and oxygen atoms in total. The highest BCUT2D eigenvalue weighted by Crippen LogP contribution is 2.27. The highest BCUT2D eigenvalue weighted by atomic mass is 16.1. The largest absolute Gasteiger partial charge is 0.330 e. The lowest BCUT2D eigenvalue weighted by atomic mass is 9.98. The van der Waals surface area contributed by atoms with E-state index in [-0.39, 0.29) is 5.69 Å². The predicted octanol–water partition coefficient (Wildman–Crippen LogP) is 4.22. The molecular formula is C24H25N3O. The quantitative estimate of drug-likeness (QED) is 0.636. The summed E-state index contributed by atoms with van der Waals surface area (Å²) in [5.41, 5.74) is 8.33. The summed E-state index contributed by atoms with van der Waals surface area (Å²) in [7, 11) is 0. The Morgan fingerprint density at radius 2 is 1.82 bits per heavy atom. The van der Waals surface area contributed by atoms with Crippen molar-refractivity contribution in [1.82, 2.24) is 9.13 Å². The lowest BCUT2D eigenvalue weighted by Gasteiger charge is -2.23. The zero-order valence-corrected chi connectivity index (χ0v) is 16.7. The van der Waals surface area contributed by atoms with E-state index in [1.165, 1.54) is 11.1 Å². The number of aromatic nitrogens is 2. The maximum Gasteiger partial charge on any atom is 0.330 e. The molecule has 142 valence electrons. The third-order valence-corrected chi connectivity index (χ3v) is 5.37. The van der Waals surface area contributed by atoms with Crippen LogP contribution in [0.5, 0.6) is 0 Å². The molecule has 2 aromatic carbocycles. The molecular weight excluding hydrogens is 346 g/mol. The average molecular weight is 371 g/mol. The molecule has 4 heteroatoms. The molecule has 4 rings (SSSR count). The molecule has 3 aromatic rings. The van der Waals surface area contributed by atoms with Gasteiger partial charge in [-0.05, 0) is 43.9 Å². The molecule has 2 heterocycles. The fourth-order valence-corrected chi connectivity index (χ4v) is 4.14. The third-order valence-electron chi connectivity index (χ3n) is 5.37. The number of fused-ring (bicyclic) bond motifs is 3. The van der Waals surface area contributed by atoms with E-state index >= 15 is 0 Å². The third kappa shape index (κ3) is 3.05. The second-order valence-electron chi connectivity index (χ2n) is 7.49. The number of rotatable bonds is 3. The molecule has 0 fully saturated rings. The second-order valence-corrected chi connectivity index (χ2v) is 7.49. The van der Waals surface area contributed by atoms with Crippen LogP contribution >= 0.6 is 0 Å². The fourth-order valence-electron chi connectivity index (χ4n) is 4.14. The van der Waals surface area contributed by atoms with E-state index in [1.807, 2.05) is 16.7 Å². The molecule has 0 spiro atoms. The molecule has 0 saturated heterocycles. The monoisotopic (exact) mass is 371 g/mol. The maximum absolute atomic E-state index is 13.3. The smallest absolute Gasteiger partial charge is 0.293 e. The van der Waals surface area contributed by atoms with Gasteiger partial charge < -0.3 is 0 Å². The van der Waals surface area contributed by atoms with Gasteiger partial charge in [0.2, 0.25) is 0 Å². The van der Waals surface area contributed by atoms with E-state index in [0.717, 1.165) is 34.5 Å². The number of hydrogen-bond donors (Lipinski definition) is 0. The summed E-state index contributed by atoms with van der Waals surface area (Å²) in [5.74, 6) is 0. The van der Waals surface area contributed by atoms with Crippen molar-refractivity contribution in [3.63, 3.8) is 0 Å². The van der Waals surface area contributed by atoms with Gasteiger partial charge in [-0.1, -0.05) is 48.0 Å².